The molecule has 2 aromatic carbocycles. The molecule has 1 aromatic heterocycles. The van der Waals surface area contributed by atoms with Crippen LogP contribution in [0.3, 0.4) is 0 Å². The van der Waals surface area contributed by atoms with E-state index in [0.717, 1.165) is 0 Å². The van der Waals surface area contributed by atoms with Gasteiger partial charge in [-0.25, -0.2) is 8.42 Å². The Labute approximate surface area is 236 Å². The first-order chi connectivity index (χ1) is 17.8. The van der Waals surface area contributed by atoms with Crippen molar-refractivity contribution in [1.29, 1.82) is 0 Å². The van der Waals surface area contributed by atoms with E-state index in [1.54, 1.807) is 19.1 Å². The molecule has 0 spiro atoms. The summed E-state index contributed by atoms with van der Waals surface area (Å²) in [5.74, 6) is -0.788. The number of hydrogen-bond acceptors (Lipinski definition) is 6. The Balaban J connectivity index is 2.00. The maximum atomic E-state index is 13.3. The van der Waals surface area contributed by atoms with E-state index >= 15 is 0 Å². The molecule has 206 valence electrons. The van der Waals surface area contributed by atoms with Crippen molar-refractivity contribution in [3.05, 3.63) is 56.8 Å². The lowest BCUT2D eigenvalue weighted by Crippen LogP contribution is -2.37. The molecule has 0 aliphatic heterocycles. The Morgan fingerprint density at radius 1 is 1.03 bits per heavy atom. The summed E-state index contributed by atoms with van der Waals surface area (Å²) in [7, 11) is -3.73. The normalized spacial score (nSPS) is 12.7. The Bertz CT molecular complexity index is 1480. The number of carbonyl (C=O) groups excluding carboxylic acids is 2. The summed E-state index contributed by atoms with van der Waals surface area (Å²) < 4.78 is 35.3. The number of halogens is 2. The molecule has 0 atom stereocenters. The maximum absolute atomic E-state index is 13.3. The van der Waals surface area contributed by atoms with Gasteiger partial charge in [0.1, 0.15) is 6.54 Å². The molecule has 0 unspecified atom stereocenters. The number of thiazole rings is 1. The molecule has 0 saturated carbocycles. The van der Waals surface area contributed by atoms with Gasteiger partial charge in [0.25, 0.3) is 5.91 Å². The van der Waals surface area contributed by atoms with Crippen molar-refractivity contribution in [3.8, 4) is 0 Å². The fraction of sp³-hybridized carbons (Fsp3) is 0.423. The number of rotatable bonds is 10. The van der Waals surface area contributed by atoms with E-state index in [1.807, 2.05) is 27.7 Å². The van der Waals surface area contributed by atoms with Gasteiger partial charge in [-0.2, -0.15) is 9.30 Å². The lowest BCUT2D eigenvalue weighted by molar-refractivity contribution is -0.143. The molecule has 1 amide bonds. The van der Waals surface area contributed by atoms with E-state index in [1.165, 1.54) is 44.5 Å². The Hall–Kier alpha value is -2.24. The van der Waals surface area contributed by atoms with Crippen molar-refractivity contribution in [2.24, 2.45) is 16.8 Å². The zero-order chi connectivity index (χ0) is 28.2. The second-order valence-electron chi connectivity index (χ2n) is 9.53. The van der Waals surface area contributed by atoms with E-state index in [9.17, 15) is 18.0 Å². The number of hydrogen-bond donors (Lipinski definition) is 0. The largest absolute Gasteiger partial charge is 0.465 e. The van der Waals surface area contributed by atoms with Crippen LogP contribution in [0, 0.1) is 11.8 Å². The zero-order valence-electron chi connectivity index (χ0n) is 21.9. The lowest BCUT2D eigenvalue weighted by Gasteiger charge is -2.25. The standard InChI is InChI=1S/C26H31Cl2N3O5S2/c1-6-36-22(32)15-31-24-21(12-11-20(27)23(24)28)37-26(31)29-25(33)18-7-9-19(10-8-18)38(34,35)30(13-16(2)3)14-17(4)5/h7-12,16-17H,6,13-15H2,1-5H3. The minimum absolute atomic E-state index is 0.107. The van der Waals surface area contributed by atoms with Gasteiger partial charge >= 0.3 is 5.97 Å². The number of fused-ring (bicyclic) bond motifs is 1. The van der Waals surface area contributed by atoms with Crippen LogP contribution in [-0.4, -0.2) is 48.9 Å². The van der Waals surface area contributed by atoms with Crippen molar-refractivity contribution < 1.29 is 22.7 Å². The summed E-state index contributed by atoms with van der Waals surface area (Å²) in [6.45, 7) is 10.4. The number of nitrogens with zero attached hydrogens (tertiary/aromatic N) is 3. The topological polar surface area (TPSA) is 98.0 Å². The average molecular weight is 601 g/mol. The van der Waals surface area contributed by atoms with Gasteiger partial charge in [0, 0.05) is 18.7 Å². The number of benzene rings is 2. The second-order valence-corrected chi connectivity index (χ2v) is 13.3. The number of sulfonamides is 1. The third-order valence-corrected chi connectivity index (χ3v) is 9.08. The summed E-state index contributed by atoms with van der Waals surface area (Å²) in [6, 6.07) is 9.08. The number of carbonyl (C=O) groups is 2. The summed E-state index contributed by atoms with van der Waals surface area (Å²) in [4.78, 5) is 29.9. The van der Waals surface area contributed by atoms with Crippen LogP contribution in [0.25, 0.3) is 10.2 Å². The molecular weight excluding hydrogens is 569 g/mol. The molecular formula is C26H31Cl2N3O5S2. The van der Waals surface area contributed by atoms with E-state index in [-0.39, 0.29) is 45.3 Å². The molecule has 8 nitrogen and oxygen atoms in total. The summed E-state index contributed by atoms with van der Waals surface area (Å²) in [5.41, 5.74) is 0.674. The van der Waals surface area contributed by atoms with E-state index < -0.39 is 21.9 Å². The highest BCUT2D eigenvalue weighted by atomic mass is 35.5. The average Bonchev–Trinajstić information content (AvgIpc) is 3.17. The summed E-state index contributed by atoms with van der Waals surface area (Å²) in [5, 5.41) is 0.536. The fourth-order valence-electron chi connectivity index (χ4n) is 3.83. The van der Waals surface area contributed by atoms with E-state index in [2.05, 4.69) is 4.99 Å². The minimum Gasteiger partial charge on any atom is -0.465 e. The summed E-state index contributed by atoms with van der Waals surface area (Å²) >= 11 is 13.8. The molecule has 38 heavy (non-hydrogen) atoms. The zero-order valence-corrected chi connectivity index (χ0v) is 25.0. The highest BCUT2D eigenvalue weighted by molar-refractivity contribution is 7.89. The van der Waals surface area contributed by atoms with Crippen LogP contribution in [0.15, 0.2) is 46.3 Å². The number of amides is 1. The first-order valence-electron chi connectivity index (χ1n) is 12.2. The van der Waals surface area contributed by atoms with Gasteiger partial charge in [-0.05, 0) is 55.2 Å². The molecule has 1 heterocycles. The van der Waals surface area contributed by atoms with Crippen LogP contribution >= 0.6 is 34.5 Å². The van der Waals surface area contributed by atoms with E-state index in [4.69, 9.17) is 27.9 Å². The van der Waals surface area contributed by atoms with E-state index in [0.29, 0.717) is 28.3 Å². The van der Waals surface area contributed by atoms with Crippen LogP contribution in [0.1, 0.15) is 45.0 Å². The van der Waals surface area contributed by atoms with Crippen molar-refractivity contribution in [1.82, 2.24) is 8.87 Å². The monoisotopic (exact) mass is 599 g/mol. The third kappa shape index (κ3) is 7.04. The van der Waals surface area contributed by atoms with Crippen molar-refractivity contribution in [2.45, 2.75) is 46.1 Å². The van der Waals surface area contributed by atoms with Gasteiger partial charge < -0.3 is 9.30 Å². The third-order valence-electron chi connectivity index (χ3n) is 5.40. The van der Waals surface area contributed by atoms with Crippen LogP contribution in [0.2, 0.25) is 10.0 Å². The SMILES string of the molecule is CCOC(=O)Cn1c(=NC(=O)c2ccc(S(=O)(=O)N(CC(C)C)CC(C)C)cc2)sc2ccc(Cl)c(Cl)c21. The van der Waals surface area contributed by atoms with Gasteiger partial charge in [-0.3, -0.25) is 9.59 Å². The van der Waals surface area contributed by atoms with Crippen molar-refractivity contribution in [3.63, 3.8) is 0 Å². The van der Waals surface area contributed by atoms with Gasteiger partial charge in [0.15, 0.2) is 4.80 Å². The van der Waals surface area contributed by atoms with Gasteiger partial charge in [-0.1, -0.05) is 62.2 Å². The Morgan fingerprint density at radius 3 is 2.18 bits per heavy atom. The fourth-order valence-corrected chi connectivity index (χ4v) is 7.10. The van der Waals surface area contributed by atoms with Gasteiger partial charge in [0.2, 0.25) is 10.0 Å². The molecule has 3 rings (SSSR count). The molecule has 3 aromatic rings. The van der Waals surface area contributed by atoms with Gasteiger partial charge in [-0.15, -0.1) is 0 Å². The van der Waals surface area contributed by atoms with Crippen molar-refractivity contribution >= 4 is 66.7 Å². The maximum Gasteiger partial charge on any atom is 0.326 e. The predicted molar refractivity (Wildman–Crippen MR) is 151 cm³/mol. The molecule has 0 bridgehead atoms. The number of aromatic nitrogens is 1. The van der Waals surface area contributed by atoms with Gasteiger partial charge in [0.05, 0.1) is 31.8 Å². The Kier molecular flexibility index (Phi) is 10.2. The highest BCUT2D eigenvalue weighted by Gasteiger charge is 2.26. The smallest absolute Gasteiger partial charge is 0.326 e. The van der Waals surface area contributed by atoms with Crippen molar-refractivity contribution in [2.75, 3.05) is 19.7 Å². The molecule has 0 N–H and O–H groups in total. The molecule has 0 aliphatic rings. The predicted octanol–water partition coefficient (Wildman–Crippen LogP) is 5.62. The minimum atomic E-state index is -3.73. The molecule has 0 radical (unpaired) electrons. The van der Waals surface area contributed by atoms with Crippen LogP contribution in [-0.2, 0) is 26.1 Å². The number of ether oxygens (including phenoxy) is 1. The number of esters is 1. The van der Waals surface area contributed by atoms with Crippen LogP contribution in [0.4, 0.5) is 0 Å². The molecule has 12 heteroatoms. The molecule has 0 fully saturated rings. The molecule has 0 saturated heterocycles. The second kappa shape index (κ2) is 12.7. The summed E-state index contributed by atoms with van der Waals surface area (Å²) in [6.07, 6.45) is 0. The first-order valence-corrected chi connectivity index (χ1v) is 15.2. The molecule has 0 aliphatic carbocycles. The van der Waals surface area contributed by atoms with Crippen LogP contribution < -0.4 is 4.80 Å². The quantitative estimate of drug-likeness (QED) is 0.282. The van der Waals surface area contributed by atoms with Crippen LogP contribution in [0.5, 0.6) is 0 Å². The Morgan fingerprint density at radius 2 is 1.63 bits per heavy atom. The highest BCUT2D eigenvalue weighted by Crippen LogP contribution is 2.32. The lowest BCUT2D eigenvalue weighted by atomic mass is 10.2. The first kappa shape index (κ1) is 30.3.